The van der Waals surface area contributed by atoms with E-state index in [1.807, 2.05) is 0 Å². The summed E-state index contributed by atoms with van der Waals surface area (Å²) in [5.74, 6) is -0.468. The molecule has 1 fully saturated rings. The third-order valence-electron chi connectivity index (χ3n) is 4.56. The molecule has 130 valence electrons. The van der Waals surface area contributed by atoms with Crippen LogP contribution in [-0.4, -0.2) is 74.2 Å². The minimum absolute atomic E-state index is 0.0386. The highest BCUT2D eigenvalue weighted by Crippen LogP contribution is 2.22. The van der Waals surface area contributed by atoms with Gasteiger partial charge in [0.1, 0.15) is 0 Å². The van der Waals surface area contributed by atoms with Crippen molar-refractivity contribution < 1.29 is 19.1 Å². The number of rotatable bonds is 8. The van der Waals surface area contributed by atoms with Crippen LogP contribution in [0.3, 0.4) is 0 Å². The van der Waals surface area contributed by atoms with E-state index in [1.54, 1.807) is 31.4 Å². The molecular weight excluding hydrogens is 308 g/mol. The zero-order valence-corrected chi connectivity index (χ0v) is 14.1. The molecule has 1 aromatic carbocycles. The molecule has 1 saturated heterocycles. The number of benzene rings is 1. The van der Waals surface area contributed by atoms with E-state index in [-0.39, 0.29) is 24.5 Å². The van der Waals surface area contributed by atoms with Crippen LogP contribution in [0, 0.1) is 0 Å². The second-order valence-electron chi connectivity index (χ2n) is 6.26. The summed E-state index contributed by atoms with van der Waals surface area (Å²) in [6.45, 7) is 4.14. The van der Waals surface area contributed by atoms with E-state index in [0.717, 1.165) is 19.6 Å². The van der Waals surface area contributed by atoms with E-state index in [9.17, 15) is 9.59 Å². The number of nitrogens with zero attached hydrogens (tertiary/aromatic N) is 2. The number of ether oxygens (including phenoxy) is 2. The van der Waals surface area contributed by atoms with Crippen molar-refractivity contribution in [3.8, 4) is 0 Å². The van der Waals surface area contributed by atoms with E-state index in [1.165, 1.54) is 17.7 Å². The molecule has 1 atom stereocenters. The Morgan fingerprint density at radius 2 is 1.71 bits per heavy atom. The molecule has 0 aromatic heterocycles. The minimum Gasteiger partial charge on any atom is -0.382 e. The average molecular weight is 332 g/mol. The van der Waals surface area contributed by atoms with Crippen molar-refractivity contribution in [3.05, 3.63) is 35.4 Å². The van der Waals surface area contributed by atoms with Gasteiger partial charge in [0.15, 0.2) is 0 Å². The first-order valence-corrected chi connectivity index (χ1v) is 8.49. The lowest BCUT2D eigenvalue weighted by atomic mass is 10.1. The van der Waals surface area contributed by atoms with Crippen molar-refractivity contribution in [2.75, 3.05) is 46.5 Å². The molecule has 1 aromatic rings. The first kappa shape index (κ1) is 17.1. The number of likely N-dealkylation sites (tertiary alicyclic amines) is 1. The van der Waals surface area contributed by atoms with Crippen molar-refractivity contribution >= 4 is 11.8 Å². The van der Waals surface area contributed by atoms with Gasteiger partial charge in [-0.25, -0.2) is 0 Å². The highest BCUT2D eigenvalue weighted by molar-refractivity contribution is 6.21. The lowest BCUT2D eigenvalue weighted by Gasteiger charge is -2.24. The maximum absolute atomic E-state index is 12.3. The highest BCUT2D eigenvalue weighted by Gasteiger charge is 2.34. The predicted octanol–water partition coefficient (Wildman–Crippen LogP) is 1.41. The van der Waals surface area contributed by atoms with Crippen LogP contribution in [0.25, 0.3) is 0 Å². The fourth-order valence-corrected chi connectivity index (χ4v) is 3.35. The molecule has 1 unspecified atom stereocenters. The molecule has 0 aliphatic carbocycles. The van der Waals surface area contributed by atoms with E-state index < -0.39 is 0 Å². The summed E-state index contributed by atoms with van der Waals surface area (Å²) >= 11 is 0. The summed E-state index contributed by atoms with van der Waals surface area (Å²) in [5, 5.41) is 0. The normalized spacial score (nSPS) is 19.1. The Labute approximate surface area is 142 Å². The number of carbonyl (C=O) groups is 2. The van der Waals surface area contributed by atoms with Gasteiger partial charge in [-0.3, -0.25) is 14.5 Å². The number of imide groups is 1. The summed E-state index contributed by atoms with van der Waals surface area (Å²) in [5.41, 5.74) is 0.959. The van der Waals surface area contributed by atoms with Gasteiger partial charge in [0.05, 0.1) is 37.0 Å². The second kappa shape index (κ2) is 7.88. The number of fused-ring (bicyclic) bond motifs is 1. The SMILES string of the molecule is COCC(CN1CCCC1)OCCN1C(=O)c2ccccc2C1=O. The lowest BCUT2D eigenvalue weighted by Crippen LogP contribution is -2.38. The van der Waals surface area contributed by atoms with E-state index >= 15 is 0 Å². The van der Waals surface area contributed by atoms with Crippen LogP contribution in [0.5, 0.6) is 0 Å². The maximum Gasteiger partial charge on any atom is 0.261 e. The average Bonchev–Trinajstić information content (AvgIpc) is 3.18. The van der Waals surface area contributed by atoms with Gasteiger partial charge in [0, 0.05) is 13.7 Å². The molecule has 2 aliphatic heterocycles. The first-order valence-electron chi connectivity index (χ1n) is 8.49. The van der Waals surface area contributed by atoms with Crippen molar-refractivity contribution in [3.63, 3.8) is 0 Å². The minimum atomic E-state index is -0.234. The second-order valence-corrected chi connectivity index (χ2v) is 6.26. The highest BCUT2D eigenvalue weighted by atomic mass is 16.5. The Morgan fingerprint density at radius 1 is 1.08 bits per heavy atom. The molecule has 2 amide bonds. The van der Waals surface area contributed by atoms with Gasteiger partial charge < -0.3 is 14.4 Å². The number of carbonyl (C=O) groups excluding carboxylic acids is 2. The number of methoxy groups -OCH3 is 1. The largest absolute Gasteiger partial charge is 0.382 e. The van der Waals surface area contributed by atoms with Crippen molar-refractivity contribution in [2.24, 2.45) is 0 Å². The summed E-state index contributed by atoms with van der Waals surface area (Å²) in [7, 11) is 1.66. The molecule has 0 bridgehead atoms. The molecule has 3 rings (SSSR count). The summed E-state index contributed by atoms with van der Waals surface area (Å²) in [6, 6.07) is 6.93. The molecule has 6 heteroatoms. The Morgan fingerprint density at radius 3 is 2.29 bits per heavy atom. The predicted molar refractivity (Wildman–Crippen MR) is 89.1 cm³/mol. The van der Waals surface area contributed by atoms with Crippen LogP contribution < -0.4 is 0 Å². The third kappa shape index (κ3) is 3.66. The Balaban J connectivity index is 1.51. The molecule has 2 heterocycles. The molecular formula is C18H24N2O4. The zero-order valence-electron chi connectivity index (χ0n) is 14.1. The van der Waals surface area contributed by atoms with Crippen LogP contribution in [0.1, 0.15) is 33.6 Å². The molecule has 0 spiro atoms. The van der Waals surface area contributed by atoms with Crippen LogP contribution in [0.4, 0.5) is 0 Å². The van der Waals surface area contributed by atoms with Crippen LogP contribution in [-0.2, 0) is 9.47 Å². The molecule has 2 aliphatic rings. The molecule has 0 N–H and O–H groups in total. The molecule has 0 radical (unpaired) electrons. The number of hydrogen-bond acceptors (Lipinski definition) is 5. The van der Waals surface area contributed by atoms with Gasteiger partial charge >= 0.3 is 0 Å². The third-order valence-corrected chi connectivity index (χ3v) is 4.56. The van der Waals surface area contributed by atoms with Crippen LogP contribution in [0.2, 0.25) is 0 Å². The summed E-state index contributed by atoms with van der Waals surface area (Å²) < 4.78 is 11.1. The molecule has 0 saturated carbocycles. The first-order chi connectivity index (χ1) is 11.7. The van der Waals surface area contributed by atoms with E-state index in [4.69, 9.17) is 9.47 Å². The number of amides is 2. The monoisotopic (exact) mass is 332 g/mol. The van der Waals surface area contributed by atoms with Gasteiger partial charge in [-0.05, 0) is 38.1 Å². The quantitative estimate of drug-likeness (QED) is 0.674. The van der Waals surface area contributed by atoms with Crippen molar-refractivity contribution in [2.45, 2.75) is 18.9 Å². The fourth-order valence-electron chi connectivity index (χ4n) is 3.35. The van der Waals surface area contributed by atoms with Gasteiger partial charge in [-0.2, -0.15) is 0 Å². The summed E-state index contributed by atoms with van der Waals surface area (Å²) in [4.78, 5) is 28.2. The van der Waals surface area contributed by atoms with E-state index in [0.29, 0.717) is 24.3 Å². The maximum atomic E-state index is 12.3. The zero-order chi connectivity index (χ0) is 16.9. The van der Waals surface area contributed by atoms with Gasteiger partial charge in [0.25, 0.3) is 11.8 Å². The fraction of sp³-hybridized carbons (Fsp3) is 0.556. The van der Waals surface area contributed by atoms with E-state index in [2.05, 4.69) is 4.90 Å². The Kier molecular flexibility index (Phi) is 5.60. The standard InChI is InChI=1S/C18H24N2O4/c1-23-13-14(12-19-8-4-5-9-19)24-11-10-20-17(21)15-6-2-3-7-16(15)18(20)22/h2-3,6-7,14H,4-5,8-13H2,1H3. The smallest absolute Gasteiger partial charge is 0.261 e. The molecule has 24 heavy (non-hydrogen) atoms. The Hall–Kier alpha value is -1.76. The van der Waals surface area contributed by atoms with Crippen LogP contribution >= 0.6 is 0 Å². The topological polar surface area (TPSA) is 59.1 Å². The Bertz CT molecular complexity index is 563. The lowest BCUT2D eigenvalue weighted by molar-refractivity contribution is -0.0214. The summed E-state index contributed by atoms with van der Waals surface area (Å²) in [6.07, 6.45) is 2.42. The van der Waals surface area contributed by atoms with Crippen molar-refractivity contribution in [1.82, 2.24) is 9.80 Å². The van der Waals surface area contributed by atoms with Crippen LogP contribution in [0.15, 0.2) is 24.3 Å². The van der Waals surface area contributed by atoms with Gasteiger partial charge in [-0.1, -0.05) is 12.1 Å². The molecule has 6 nitrogen and oxygen atoms in total. The number of hydrogen-bond donors (Lipinski definition) is 0. The van der Waals surface area contributed by atoms with Gasteiger partial charge in [-0.15, -0.1) is 0 Å². The van der Waals surface area contributed by atoms with Gasteiger partial charge in [0.2, 0.25) is 0 Å². The van der Waals surface area contributed by atoms with Crippen molar-refractivity contribution in [1.29, 1.82) is 0 Å².